The van der Waals surface area contributed by atoms with Crippen LogP contribution in [0.15, 0.2) is 24.4 Å². The van der Waals surface area contributed by atoms with Crippen LogP contribution in [-0.2, 0) is 12.8 Å². The van der Waals surface area contributed by atoms with Crippen molar-refractivity contribution in [1.82, 2.24) is 10.3 Å². The topological polar surface area (TPSA) is 63.7 Å². The van der Waals surface area contributed by atoms with E-state index in [-0.39, 0.29) is 11.7 Å². The van der Waals surface area contributed by atoms with Crippen LogP contribution >= 0.6 is 0 Å². The van der Waals surface area contributed by atoms with E-state index in [2.05, 4.69) is 15.2 Å². The maximum atomic E-state index is 13.3. The minimum absolute atomic E-state index is 0.0953. The van der Waals surface area contributed by atoms with Crippen LogP contribution in [0.4, 0.5) is 5.69 Å². The first-order valence-corrected chi connectivity index (χ1v) is 9.82. The lowest BCUT2D eigenvalue weighted by Crippen LogP contribution is -2.44. The molecule has 0 radical (unpaired) electrons. The number of ketones is 1. The summed E-state index contributed by atoms with van der Waals surface area (Å²) in [5.41, 5.74) is 5.00. The number of hydrogen-bond donors (Lipinski definition) is 1. The summed E-state index contributed by atoms with van der Waals surface area (Å²) in [6.45, 7) is 5.65. The van der Waals surface area contributed by atoms with E-state index >= 15 is 0 Å². The highest BCUT2D eigenvalue weighted by Crippen LogP contribution is 2.47. The van der Waals surface area contributed by atoms with Gasteiger partial charge in [-0.1, -0.05) is 6.07 Å². The maximum Gasteiger partial charge on any atom is 0.184 e. The van der Waals surface area contributed by atoms with Gasteiger partial charge in [-0.25, -0.2) is 0 Å². The zero-order valence-corrected chi connectivity index (χ0v) is 16.7. The fraction of sp³-hybridized carbons (Fsp3) is 0.455. The highest BCUT2D eigenvalue weighted by molar-refractivity contribution is 6.05. The number of carbonyl (C=O) groups excluding carboxylic acids is 1. The van der Waals surface area contributed by atoms with Crippen LogP contribution in [0.25, 0.3) is 0 Å². The Morgan fingerprint density at radius 2 is 2.04 bits per heavy atom. The molecule has 1 N–H and O–H groups in total. The number of carbonyl (C=O) groups is 1. The van der Waals surface area contributed by atoms with E-state index in [4.69, 9.17) is 9.47 Å². The molecule has 0 bridgehead atoms. The highest BCUT2D eigenvalue weighted by Gasteiger charge is 2.37. The number of methoxy groups -OCH3 is 2. The number of aryl methyl sites for hydroxylation is 1. The van der Waals surface area contributed by atoms with Crippen LogP contribution in [0.2, 0.25) is 0 Å². The van der Waals surface area contributed by atoms with Gasteiger partial charge in [0, 0.05) is 56.0 Å². The molecule has 1 saturated heterocycles. The molecule has 2 aliphatic rings. The maximum absolute atomic E-state index is 13.3. The van der Waals surface area contributed by atoms with Gasteiger partial charge in [-0.15, -0.1) is 0 Å². The van der Waals surface area contributed by atoms with Crippen molar-refractivity contribution < 1.29 is 14.3 Å². The van der Waals surface area contributed by atoms with Crippen molar-refractivity contribution in [2.45, 2.75) is 19.8 Å². The Balaban J connectivity index is 1.75. The summed E-state index contributed by atoms with van der Waals surface area (Å²) < 4.78 is 11.3. The van der Waals surface area contributed by atoms with Crippen molar-refractivity contribution in [3.8, 4) is 11.5 Å². The van der Waals surface area contributed by atoms with Crippen molar-refractivity contribution >= 4 is 11.5 Å². The molecule has 1 unspecified atom stereocenters. The van der Waals surface area contributed by atoms with Crippen LogP contribution in [0.3, 0.4) is 0 Å². The first-order chi connectivity index (χ1) is 13.6. The van der Waals surface area contributed by atoms with Gasteiger partial charge in [0.05, 0.1) is 19.9 Å². The zero-order chi connectivity index (χ0) is 19.7. The van der Waals surface area contributed by atoms with E-state index in [1.807, 2.05) is 25.1 Å². The molecule has 4 rings (SSSR count). The van der Waals surface area contributed by atoms with Crippen LogP contribution in [0.1, 0.15) is 27.2 Å². The standard InChI is InChI=1S/C22H27N3O3/c1-14-5-4-6-24-18(14)12-15-11-16-17(21(15)26)13-19(27-2)22(28-3)20(16)25-9-7-23-8-10-25/h4-6,13,15,23H,7-12H2,1-3H3. The summed E-state index contributed by atoms with van der Waals surface area (Å²) >= 11 is 0. The smallest absolute Gasteiger partial charge is 0.184 e. The Labute approximate surface area is 165 Å². The number of Topliss-reactive ketones (excluding diaryl/α,β-unsaturated/α-hetero) is 1. The molecule has 1 aliphatic heterocycles. The van der Waals surface area contributed by atoms with E-state index in [1.165, 1.54) is 0 Å². The number of nitrogens with one attached hydrogen (secondary N) is 1. The SMILES string of the molecule is COc1cc2c(c(N3CCNCC3)c1OC)CC(Cc1ncccc1C)C2=O. The summed E-state index contributed by atoms with van der Waals surface area (Å²) in [6.07, 6.45) is 3.17. The van der Waals surface area contributed by atoms with Crippen molar-refractivity contribution in [2.75, 3.05) is 45.3 Å². The molecular formula is C22H27N3O3. The fourth-order valence-corrected chi connectivity index (χ4v) is 4.35. The van der Waals surface area contributed by atoms with E-state index in [9.17, 15) is 4.79 Å². The van der Waals surface area contributed by atoms with E-state index in [0.29, 0.717) is 18.6 Å². The summed E-state index contributed by atoms with van der Waals surface area (Å²) in [5, 5.41) is 3.39. The number of anilines is 1. The largest absolute Gasteiger partial charge is 0.493 e. The summed E-state index contributed by atoms with van der Waals surface area (Å²) in [7, 11) is 3.29. The number of aromatic nitrogens is 1. The average molecular weight is 381 g/mol. The van der Waals surface area contributed by atoms with Crippen molar-refractivity contribution in [1.29, 1.82) is 0 Å². The fourth-order valence-electron chi connectivity index (χ4n) is 4.35. The highest BCUT2D eigenvalue weighted by atomic mass is 16.5. The summed E-state index contributed by atoms with van der Waals surface area (Å²) in [5.74, 6) is 1.43. The van der Waals surface area contributed by atoms with Gasteiger partial charge >= 0.3 is 0 Å². The monoisotopic (exact) mass is 381 g/mol. The molecular weight excluding hydrogens is 354 g/mol. The molecule has 6 heteroatoms. The number of hydrogen-bond acceptors (Lipinski definition) is 6. The Morgan fingerprint density at radius 3 is 2.71 bits per heavy atom. The molecule has 6 nitrogen and oxygen atoms in total. The second-order valence-corrected chi connectivity index (χ2v) is 7.46. The molecule has 148 valence electrons. The first-order valence-electron chi connectivity index (χ1n) is 9.82. The van der Waals surface area contributed by atoms with Crippen LogP contribution in [0.5, 0.6) is 11.5 Å². The third-order valence-electron chi connectivity index (χ3n) is 5.83. The number of pyridine rings is 1. The minimum atomic E-state index is -0.0953. The minimum Gasteiger partial charge on any atom is -0.493 e. The van der Waals surface area contributed by atoms with Gasteiger partial charge in [-0.3, -0.25) is 9.78 Å². The number of rotatable bonds is 5. The normalized spacial score (nSPS) is 18.9. The second-order valence-electron chi connectivity index (χ2n) is 7.46. The van der Waals surface area contributed by atoms with E-state index in [0.717, 1.165) is 60.0 Å². The Bertz CT molecular complexity index is 891. The molecule has 0 spiro atoms. The quantitative estimate of drug-likeness (QED) is 0.858. The van der Waals surface area contributed by atoms with Gasteiger partial charge < -0.3 is 19.7 Å². The van der Waals surface area contributed by atoms with Crippen LogP contribution in [0, 0.1) is 12.8 Å². The van der Waals surface area contributed by atoms with Crippen LogP contribution < -0.4 is 19.7 Å². The number of nitrogens with zero attached hydrogens (tertiary/aromatic N) is 2. The molecule has 1 aliphatic carbocycles. The number of benzene rings is 1. The molecule has 0 amide bonds. The van der Waals surface area contributed by atoms with Gasteiger partial charge in [-0.2, -0.15) is 0 Å². The number of piperazine rings is 1. The Morgan fingerprint density at radius 1 is 1.25 bits per heavy atom. The van der Waals surface area contributed by atoms with Gasteiger partial charge in [-0.05, 0) is 36.6 Å². The lowest BCUT2D eigenvalue weighted by molar-refractivity contribution is 0.0935. The lowest BCUT2D eigenvalue weighted by atomic mass is 9.96. The molecule has 1 fully saturated rings. The van der Waals surface area contributed by atoms with Gasteiger partial charge in [0.2, 0.25) is 0 Å². The Kier molecular flexibility index (Phi) is 5.22. The second kappa shape index (κ2) is 7.80. The van der Waals surface area contributed by atoms with Crippen molar-refractivity contribution in [2.24, 2.45) is 5.92 Å². The molecule has 1 atom stereocenters. The van der Waals surface area contributed by atoms with E-state index in [1.54, 1.807) is 20.4 Å². The third-order valence-corrected chi connectivity index (χ3v) is 5.83. The van der Waals surface area contributed by atoms with E-state index < -0.39 is 0 Å². The van der Waals surface area contributed by atoms with Gasteiger partial charge in [0.25, 0.3) is 0 Å². The van der Waals surface area contributed by atoms with Gasteiger partial charge in [0.1, 0.15) is 0 Å². The number of fused-ring (bicyclic) bond motifs is 1. The number of ether oxygens (including phenoxy) is 2. The lowest BCUT2D eigenvalue weighted by Gasteiger charge is -2.32. The molecule has 2 heterocycles. The summed E-state index contributed by atoms with van der Waals surface area (Å²) in [4.78, 5) is 20.1. The molecule has 1 aromatic heterocycles. The third kappa shape index (κ3) is 3.22. The predicted octanol–water partition coefficient (Wildman–Crippen LogP) is 2.41. The molecule has 2 aromatic rings. The summed E-state index contributed by atoms with van der Waals surface area (Å²) in [6, 6.07) is 5.84. The molecule has 1 aromatic carbocycles. The molecule has 28 heavy (non-hydrogen) atoms. The zero-order valence-electron chi connectivity index (χ0n) is 16.7. The van der Waals surface area contributed by atoms with Crippen molar-refractivity contribution in [3.05, 3.63) is 46.8 Å². The van der Waals surface area contributed by atoms with Crippen LogP contribution in [-0.4, -0.2) is 51.2 Å². The van der Waals surface area contributed by atoms with Gasteiger partial charge in [0.15, 0.2) is 17.3 Å². The predicted molar refractivity (Wildman–Crippen MR) is 109 cm³/mol. The Hall–Kier alpha value is -2.60. The average Bonchev–Trinajstić information content (AvgIpc) is 3.04. The first kappa shape index (κ1) is 18.7. The molecule has 0 saturated carbocycles. The van der Waals surface area contributed by atoms with Crippen molar-refractivity contribution in [3.63, 3.8) is 0 Å².